The second-order valence-electron chi connectivity index (χ2n) is 7.14. The Morgan fingerprint density at radius 2 is 1.75 bits per heavy atom. The fourth-order valence-corrected chi connectivity index (χ4v) is 4.53. The number of carbonyl (C=O) groups excluding carboxylic acids is 1. The van der Waals surface area contributed by atoms with E-state index in [2.05, 4.69) is 0 Å². The molecule has 1 fully saturated rings. The van der Waals surface area contributed by atoms with Gasteiger partial charge in [-0.25, -0.2) is 13.2 Å². The van der Waals surface area contributed by atoms with Gasteiger partial charge < -0.3 is 4.90 Å². The molecule has 3 rings (SSSR count). The van der Waals surface area contributed by atoms with Gasteiger partial charge in [0.15, 0.2) is 0 Å². The number of hydrogen-bond acceptors (Lipinski definition) is 3. The minimum absolute atomic E-state index is 0.0230. The van der Waals surface area contributed by atoms with E-state index in [0.29, 0.717) is 12.1 Å². The summed E-state index contributed by atoms with van der Waals surface area (Å²) < 4.78 is 40.2. The summed E-state index contributed by atoms with van der Waals surface area (Å²) in [7, 11) is 0. The van der Waals surface area contributed by atoms with E-state index >= 15 is 0 Å². The highest BCUT2D eigenvalue weighted by Gasteiger charge is 2.31. The van der Waals surface area contributed by atoms with Gasteiger partial charge in [0.2, 0.25) is 5.91 Å². The predicted molar refractivity (Wildman–Crippen MR) is 105 cm³/mol. The Morgan fingerprint density at radius 3 is 2.36 bits per heavy atom. The van der Waals surface area contributed by atoms with Crippen molar-refractivity contribution in [1.29, 1.82) is 0 Å². The van der Waals surface area contributed by atoms with Crippen molar-refractivity contribution < 1.29 is 18.0 Å². The molecular formula is C21H23F3N2OS. The van der Waals surface area contributed by atoms with Crippen LogP contribution in [0.25, 0.3) is 0 Å². The summed E-state index contributed by atoms with van der Waals surface area (Å²) in [6, 6.07) is 9.64. The summed E-state index contributed by atoms with van der Waals surface area (Å²) in [6.45, 7) is 4.93. The molecule has 0 aliphatic carbocycles. The van der Waals surface area contributed by atoms with Crippen LogP contribution in [0, 0.1) is 17.5 Å². The van der Waals surface area contributed by atoms with Crippen LogP contribution in [0.15, 0.2) is 42.5 Å². The first kappa shape index (κ1) is 20.7. The zero-order valence-corrected chi connectivity index (χ0v) is 16.7. The first-order valence-corrected chi connectivity index (χ1v) is 10.2. The van der Waals surface area contributed by atoms with Crippen molar-refractivity contribution in [3.8, 4) is 0 Å². The van der Waals surface area contributed by atoms with Gasteiger partial charge >= 0.3 is 0 Å². The van der Waals surface area contributed by atoms with Crippen LogP contribution in [-0.4, -0.2) is 40.6 Å². The molecule has 1 heterocycles. The normalized spacial score (nSPS) is 17.0. The van der Waals surface area contributed by atoms with Gasteiger partial charge in [-0.1, -0.05) is 12.1 Å². The number of halogens is 3. The number of nitrogens with zero attached hydrogens (tertiary/aromatic N) is 2. The maximum absolute atomic E-state index is 13.5. The smallest absolute Gasteiger partial charge is 0.237 e. The maximum atomic E-state index is 13.5. The minimum Gasteiger partial charge on any atom is -0.325 e. The Labute approximate surface area is 167 Å². The van der Waals surface area contributed by atoms with Crippen LogP contribution in [0.2, 0.25) is 0 Å². The van der Waals surface area contributed by atoms with Gasteiger partial charge in [0.1, 0.15) is 22.8 Å². The summed E-state index contributed by atoms with van der Waals surface area (Å²) >= 11 is 1.65. The van der Waals surface area contributed by atoms with E-state index in [1.807, 2.05) is 18.7 Å². The second-order valence-corrected chi connectivity index (χ2v) is 8.33. The summed E-state index contributed by atoms with van der Waals surface area (Å²) in [6.07, 6.45) is 0. The number of amides is 1. The van der Waals surface area contributed by atoms with Crippen molar-refractivity contribution in [2.75, 3.05) is 18.8 Å². The molecule has 0 radical (unpaired) electrons. The average Bonchev–Trinajstić information content (AvgIpc) is 3.10. The van der Waals surface area contributed by atoms with Gasteiger partial charge in [0.05, 0.1) is 6.54 Å². The number of thioether (sulfide) groups is 1. The van der Waals surface area contributed by atoms with Gasteiger partial charge in [-0.2, -0.15) is 0 Å². The molecule has 7 heteroatoms. The molecule has 1 amide bonds. The molecule has 3 nitrogen and oxygen atoms in total. The lowest BCUT2D eigenvalue weighted by atomic mass is 10.1. The van der Waals surface area contributed by atoms with E-state index in [-0.39, 0.29) is 36.2 Å². The highest BCUT2D eigenvalue weighted by molar-refractivity contribution is 7.99. The van der Waals surface area contributed by atoms with Crippen LogP contribution in [0.4, 0.5) is 13.2 Å². The standard InChI is InChI=1S/C21H23F3N2OS/c1-14(2)25(12-15-9-18(23)11-19(24)10-15)13-20(27)26-7-8-28-21(26)16-3-5-17(22)6-4-16/h3-6,9-11,14,21H,7-8,12-13H2,1-2H3/t21-/m0/s1. The Hall–Kier alpha value is -1.99. The van der Waals surface area contributed by atoms with Gasteiger partial charge in [0, 0.05) is 31.0 Å². The largest absolute Gasteiger partial charge is 0.325 e. The molecule has 1 atom stereocenters. The third-order valence-electron chi connectivity index (χ3n) is 4.74. The van der Waals surface area contributed by atoms with Crippen LogP contribution >= 0.6 is 11.8 Å². The molecule has 0 N–H and O–H groups in total. The lowest BCUT2D eigenvalue weighted by molar-refractivity contribution is -0.133. The van der Waals surface area contributed by atoms with Crippen molar-refractivity contribution >= 4 is 17.7 Å². The van der Waals surface area contributed by atoms with E-state index in [0.717, 1.165) is 17.4 Å². The number of rotatable bonds is 6. The molecule has 1 aliphatic rings. The fraction of sp³-hybridized carbons (Fsp3) is 0.381. The third kappa shape index (κ3) is 5.08. The molecule has 1 saturated heterocycles. The van der Waals surface area contributed by atoms with Crippen molar-refractivity contribution in [1.82, 2.24) is 9.80 Å². The molecule has 0 spiro atoms. The summed E-state index contributed by atoms with van der Waals surface area (Å²) in [5, 5.41) is -0.145. The van der Waals surface area contributed by atoms with Crippen LogP contribution in [0.3, 0.4) is 0 Å². The van der Waals surface area contributed by atoms with Crippen LogP contribution in [0.1, 0.15) is 30.3 Å². The average molecular weight is 408 g/mol. The van der Waals surface area contributed by atoms with E-state index in [9.17, 15) is 18.0 Å². The van der Waals surface area contributed by atoms with Gasteiger partial charge in [-0.15, -0.1) is 11.8 Å². The zero-order chi connectivity index (χ0) is 20.3. The van der Waals surface area contributed by atoms with Gasteiger partial charge in [0.25, 0.3) is 0 Å². The SMILES string of the molecule is CC(C)N(CC(=O)N1CCS[C@H]1c1ccc(F)cc1)Cc1cc(F)cc(F)c1. The van der Waals surface area contributed by atoms with E-state index in [4.69, 9.17) is 0 Å². The van der Waals surface area contributed by atoms with E-state index < -0.39 is 11.6 Å². The highest BCUT2D eigenvalue weighted by Crippen LogP contribution is 2.38. The molecule has 150 valence electrons. The molecule has 0 saturated carbocycles. The van der Waals surface area contributed by atoms with Crippen molar-refractivity contribution in [2.45, 2.75) is 31.8 Å². The Kier molecular flexibility index (Phi) is 6.67. The number of carbonyl (C=O) groups is 1. The lowest BCUT2D eigenvalue weighted by Crippen LogP contribution is -2.42. The summed E-state index contributed by atoms with van der Waals surface area (Å²) in [4.78, 5) is 16.7. The first-order chi connectivity index (χ1) is 13.3. The van der Waals surface area contributed by atoms with Gasteiger partial charge in [-0.3, -0.25) is 9.69 Å². The van der Waals surface area contributed by atoms with Crippen LogP contribution < -0.4 is 0 Å². The third-order valence-corrected chi connectivity index (χ3v) is 6.00. The van der Waals surface area contributed by atoms with Crippen molar-refractivity contribution in [3.05, 3.63) is 71.0 Å². The number of hydrogen-bond donors (Lipinski definition) is 0. The van der Waals surface area contributed by atoms with Crippen LogP contribution in [-0.2, 0) is 11.3 Å². The Morgan fingerprint density at radius 1 is 1.11 bits per heavy atom. The quantitative estimate of drug-likeness (QED) is 0.699. The molecular weight excluding hydrogens is 385 g/mol. The summed E-state index contributed by atoms with van der Waals surface area (Å²) in [5.74, 6) is -0.803. The van der Waals surface area contributed by atoms with E-state index in [1.54, 1.807) is 28.8 Å². The molecule has 0 unspecified atom stereocenters. The Bertz CT molecular complexity index is 809. The van der Waals surface area contributed by atoms with Crippen molar-refractivity contribution in [3.63, 3.8) is 0 Å². The predicted octanol–water partition coefficient (Wildman–Crippen LogP) is 4.59. The first-order valence-electron chi connectivity index (χ1n) is 9.19. The lowest BCUT2D eigenvalue weighted by Gasteiger charge is -2.30. The molecule has 28 heavy (non-hydrogen) atoms. The molecule has 2 aromatic rings. The van der Waals surface area contributed by atoms with Crippen molar-refractivity contribution in [2.24, 2.45) is 0 Å². The second kappa shape index (κ2) is 9.01. The molecule has 2 aromatic carbocycles. The van der Waals surface area contributed by atoms with Gasteiger partial charge in [-0.05, 0) is 49.2 Å². The Balaban J connectivity index is 1.71. The fourth-order valence-electron chi connectivity index (χ4n) is 3.25. The molecule has 0 aromatic heterocycles. The number of benzene rings is 2. The summed E-state index contributed by atoms with van der Waals surface area (Å²) in [5.41, 5.74) is 1.38. The van der Waals surface area contributed by atoms with Crippen LogP contribution in [0.5, 0.6) is 0 Å². The highest BCUT2D eigenvalue weighted by atomic mass is 32.2. The molecule has 1 aliphatic heterocycles. The monoisotopic (exact) mass is 408 g/mol. The molecule has 0 bridgehead atoms. The maximum Gasteiger partial charge on any atom is 0.237 e. The van der Waals surface area contributed by atoms with E-state index in [1.165, 1.54) is 24.3 Å². The zero-order valence-electron chi connectivity index (χ0n) is 15.9. The topological polar surface area (TPSA) is 23.6 Å². The minimum atomic E-state index is -0.627.